The molecule has 0 spiro atoms. The van der Waals surface area contributed by atoms with E-state index in [0.717, 1.165) is 12.0 Å². The summed E-state index contributed by atoms with van der Waals surface area (Å²) in [7, 11) is -2.52. The number of aldehydes is 1. The first-order valence-corrected chi connectivity index (χ1v) is 13.3. The van der Waals surface area contributed by atoms with Crippen LogP contribution in [0.15, 0.2) is 140 Å². The summed E-state index contributed by atoms with van der Waals surface area (Å²) >= 11 is 0. The van der Waals surface area contributed by atoms with Gasteiger partial charge in [-0.3, -0.25) is 0 Å². The van der Waals surface area contributed by atoms with Crippen LogP contribution < -0.4 is 26.0 Å². The van der Waals surface area contributed by atoms with Gasteiger partial charge in [0, 0.05) is 0 Å². The Bertz CT molecular complexity index is 1250. The molecule has 0 heterocycles. The van der Waals surface area contributed by atoms with Gasteiger partial charge >= 0.3 is 201 Å². The van der Waals surface area contributed by atoms with Crippen molar-refractivity contribution in [3.63, 3.8) is 0 Å². The van der Waals surface area contributed by atoms with Crippen LogP contribution in [0.4, 0.5) is 0 Å². The summed E-state index contributed by atoms with van der Waals surface area (Å²) in [5, 5.41) is 5.31. The Kier molecular flexibility index (Phi) is 6.33. The predicted octanol–water partition coefficient (Wildman–Crippen LogP) is 5.64. The fourth-order valence-corrected chi connectivity index (χ4v) is 9.33. The van der Waals surface area contributed by atoms with Gasteiger partial charge in [0.05, 0.1) is 0 Å². The molecule has 0 aromatic heterocycles. The van der Waals surface area contributed by atoms with E-state index in [0.29, 0.717) is 11.3 Å². The van der Waals surface area contributed by atoms with Crippen LogP contribution >= 0.6 is 7.26 Å². The molecule has 3 heteroatoms. The van der Waals surface area contributed by atoms with Crippen molar-refractivity contribution in [1.82, 2.24) is 0 Å². The Labute approximate surface area is 200 Å². The van der Waals surface area contributed by atoms with Gasteiger partial charge in [-0.05, 0) is 0 Å². The second-order valence-electron chi connectivity index (χ2n) is 8.16. The number of hydrogen-bond acceptors (Lipinski definition) is 2. The number of carbonyl (C=O) groups excluding carboxylic acids is 1. The van der Waals surface area contributed by atoms with Crippen molar-refractivity contribution in [2.45, 2.75) is 0 Å². The molecule has 0 radical (unpaired) electrons. The Morgan fingerprint density at radius 3 is 1.18 bits per heavy atom. The van der Waals surface area contributed by atoms with E-state index in [1.54, 1.807) is 12.1 Å². The molecule has 2 nitrogen and oxygen atoms in total. The molecule has 0 aliphatic carbocycles. The molecule has 0 N–H and O–H groups in total. The van der Waals surface area contributed by atoms with E-state index in [1.807, 2.05) is 24.3 Å². The molecule has 166 valence electrons. The van der Waals surface area contributed by atoms with Gasteiger partial charge < -0.3 is 0 Å². The van der Waals surface area contributed by atoms with Crippen molar-refractivity contribution < 1.29 is 9.53 Å². The molecule has 0 unspecified atom stereocenters. The third kappa shape index (κ3) is 4.17. The van der Waals surface area contributed by atoms with E-state index in [1.165, 1.54) is 21.2 Å². The number of ether oxygens (including phenoxy) is 1. The number of benzene rings is 5. The fraction of sp³-hybridized carbons (Fsp3) is 0. The molecule has 0 fully saturated rings. The van der Waals surface area contributed by atoms with E-state index in [-0.39, 0.29) is 0 Å². The van der Waals surface area contributed by atoms with Crippen LogP contribution in [0.1, 0.15) is 10.4 Å². The normalized spacial score (nSPS) is 11.5. The molecule has 0 saturated heterocycles. The van der Waals surface area contributed by atoms with Crippen molar-refractivity contribution in [1.29, 1.82) is 0 Å². The molecule has 34 heavy (non-hydrogen) atoms. The molecule has 0 aliphatic rings. The van der Waals surface area contributed by atoms with Crippen molar-refractivity contribution in [3.8, 4) is 11.5 Å². The fourth-order valence-electron chi connectivity index (χ4n) is 4.59. The minimum absolute atomic E-state index is 0.632. The third-order valence-corrected chi connectivity index (χ3v) is 11.0. The average molecular weight is 461 g/mol. The zero-order valence-electron chi connectivity index (χ0n) is 18.7. The van der Waals surface area contributed by atoms with Crippen LogP contribution in [-0.4, -0.2) is 6.29 Å². The number of carbonyl (C=O) groups is 1. The Morgan fingerprint density at radius 2 is 0.794 bits per heavy atom. The number of hydrogen-bond donors (Lipinski definition) is 0. The van der Waals surface area contributed by atoms with Gasteiger partial charge in [-0.2, -0.15) is 0 Å². The van der Waals surface area contributed by atoms with E-state index in [4.69, 9.17) is 4.74 Å². The summed E-state index contributed by atoms with van der Waals surface area (Å²) in [4.78, 5) is 10.9. The maximum atomic E-state index is 10.9. The maximum absolute atomic E-state index is 10.9. The topological polar surface area (TPSA) is 26.3 Å². The SMILES string of the molecule is O=Cc1ccc(Oc2ccc([PH](c3ccccc3)(c3ccccc3)c3ccccc3)cc2)cc1. The van der Waals surface area contributed by atoms with E-state index >= 15 is 0 Å². The van der Waals surface area contributed by atoms with Gasteiger partial charge in [-0.1, -0.05) is 0 Å². The van der Waals surface area contributed by atoms with Crippen LogP contribution in [0.2, 0.25) is 0 Å². The van der Waals surface area contributed by atoms with Crippen LogP contribution in [0.3, 0.4) is 0 Å². The Hall–Kier alpha value is -4.00. The van der Waals surface area contributed by atoms with Crippen LogP contribution in [0.5, 0.6) is 11.5 Å². The summed E-state index contributed by atoms with van der Waals surface area (Å²) < 4.78 is 6.06. The molecule has 0 aliphatic heterocycles. The van der Waals surface area contributed by atoms with Gasteiger partial charge in [0.25, 0.3) is 0 Å². The quantitative estimate of drug-likeness (QED) is 0.232. The van der Waals surface area contributed by atoms with Gasteiger partial charge in [0.15, 0.2) is 0 Å². The minimum atomic E-state index is -2.52. The van der Waals surface area contributed by atoms with Crippen molar-refractivity contribution in [2.75, 3.05) is 0 Å². The predicted molar refractivity (Wildman–Crippen MR) is 145 cm³/mol. The van der Waals surface area contributed by atoms with Gasteiger partial charge in [0.1, 0.15) is 0 Å². The molecule has 0 saturated carbocycles. The standard InChI is InChI=1S/C31H25O2P/c32-24-25-16-18-26(19-17-25)33-27-20-22-31(23-21-27)34(28-10-4-1-5-11-28,29-12-6-2-7-13-29)30-14-8-3-9-15-30/h1-24,34H. The molecule has 0 atom stereocenters. The zero-order valence-corrected chi connectivity index (χ0v) is 19.7. The molecule has 0 amide bonds. The second-order valence-corrected chi connectivity index (χ2v) is 12.0. The monoisotopic (exact) mass is 460 g/mol. The first kappa shape index (κ1) is 21.8. The van der Waals surface area contributed by atoms with E-state index in [9.17, 15) is 4.79 Å². The van der Waals surface area contributed by atoms with Crippen LogP contribution in [0, 0.1) is 0 Å². The van der Waals surface area contributed by atoms with Crippen LogP contribution in [0.25, 0.3) is 0 Å². The molecule has 0 bridgehead atoms. The summed E-state index contributed by atoms with van der Waals surface area (Å²) in [6.45, 7) is 0. The van der Waals surface area contributed by atoms with E-state index in [2.05, 4.69) is 103 Å². The number of rotatable bonds is 7. The third-order valence-electron chi connectivity index (χ3n) is 6.16. The Morgan fingerprint density at radius 1 is 0.441 bits per heavy atom. The Balaban J connectivity index is 1.64. The zero-order chi connectivity index (χ0) is 23.2. The van der Waals surface area contributed by atoms with Gasteiger partial charge in [0.2, 0.25) is 0 Å². The first-order valence-electron chi connectivity index (χ1n) is 11.3. The summed E-state index contributed by atoms with van der Waals surface area (Å²) in [5.41, 5.74) is 0.632. The van der Waals surface area contributed by atoms with Gasteiger partial charge in [-0.25, -0.2) is 0 Å². The summed E-state index contributed by atoms with van der Waals surface area (Å²) in [5.74, 6) is 1.47. The van der Waals surface area contributed by atoms with Crippen molar-refractivity contribution in [2.24, 2.45) is 0 Å². The first-order chi connectivity index (χ1) is 16.8. The molecule has 5 rings (SSSR count). The summed E-state index contributed by atoms with van der Waals surface area (Å²) in [6, 6.07) is 48.2. The van der Waals surface area contributed by atoms with Crippen molar-refractivity contribution in [3.05, 3.63) is 145 Å². The second kappa shape index (κ2) is 9.87. The molecular formula is C31H25O2P. The molecule has 5 aromatic carbocycles. The molecular weight excluding hydrogens is 435 g/mol. The van der Waals surface area contributed by atoms with Gasteiger partial charge in [-0.15, -0.1) is 0 Å². The van der Waals surface area contributed by atoms with Crippen LogP contribution in [-0.2, 0) is 0 Å². The average Bonchev–Trinajstić information content (AvgIpc) is 2.92. The summed E-state index contributed by atoms with van der Waals surface area (Å²) in [6.07, 6.45) is 0.833. The van der Waals surface area contributed by atoms with Crippen molar-refractivity contribution >= 4 is 34.8 Å². The molecule has 5 aromatic rings. The van der Waals surface area contributed by atoms with E-state index < -0.39 is 7.26 Å².